The van der Waals surface area contributed by atoms with Crippen molar-refractivity contribution in [3.8, 4) is 17.0 Å². The van der Waals surface area contributed by atoms with Crippen molar-refractivity contribution in [3.05, 3.63) is 65.4 Å². The van der Waals surface area contributed by atoms with Crippen LogP contribution >= 0.6 is 11.6 Å². The van der Waals surface area contributed by atoms with E-state index in [2.05, 4.69) is 25.0 Å². The van der Waals surface area contributed by atoms with Gasteiger partial charge in [0.25, 0.3) is 10.0 Å². The summed E-state index contributed by atoms with van der Waals surface area (Å²) < 4.78 is 63.4. The maximum atomic E-state index is 15.5. The van der Waals surface area contributed by atoms with Gasteiger partial charge in [0.05, 0.1) is 28.9 Å². The smallest absolute Gasteiger partial charge is 0.267 e. The lowest BCUT2D eigenvalue weighted by Gasteiger charge is -2.14. The fraction of sp³-hybridized carbons (Fsp3) is 0.208. The van der Waals surface area contributed by atoms with Gasteiger partial charge >= 0.3 is 0 Å². The third-order valence-corrected chi connectivity index (χ3v) is 6.88. The first-order valence-corrected chi connectivity index (χ1v) is 12.8. The molecule has 2 N–H and O–H groups in total. The highest BCUT2D eigenvalue weighted by atomic mass is 35.5. The first kappa shape index (κ1) is 26.5. The Bertz CT molecular complexity index is 1570. The molecule has 0 aliphatic heterocycles. The zero-order valence-electron chi connectivity index (χ0n) is 20.1. The number of pyridine rings is 1. The minimum Gasteiger partial charge on any atom is -0.480 e. The molecule has 0 saturated heterocycles. The zero-order valence-corrected chi connectivity index (χ0v) is 21.7. The maximum Gasteiger partial charge on any atom is 0.267 e. The number of methoxy groups -OCH3 is 1. The van der Waals surface area contributed by atoms with Crippen molar-refractivity contribution < 1.29 is 21.9 Å². The van der Waals surface area contributed by atoms with E-state index in [0.717, 1.165) is 24.7 Å². The van der Waals surface area contributed by atoms with Gasteiger partial charge < -0.3 is 15.0 Å². The van der Waals surface area contributed by atoms with Gasteiger partial charge in [-0.25, -0.2) is 32.2 Å². The summed E-state index contributed by atoms with van der Waals surface area (Å²) in [7, 11) is 0.759. The second kappa shape index (κ2) is 10.8. The Morgan fingerprint density at radius 3 is 2.59 bits per heavy atom. The molecule has 0 radical (unpaired) electrons. The summed E-state index contributed by atoms with van der Waals surface area (Å²) in [5, 5.41) is 3.71. The third-order valence-electron chi connectivity index (χ3n) is 5.31. The monoisotopic (exact) mass is 548 g/mol. The van der Waals surface area contributed by atoms with Gasteiger partial charge in [-0.3, -0.25) is 4.72 Å². The van der Waals surface area contributed by atoms with Gasteiger partial charge in [0.15, 0.2) is 10.7 Å². The van der Waals surface area contributed by atoms with Gasteiger partial charge in [0.2, 0.25) is 11.8 Å². The van der Waals surface area contributed by atoms with Crippen molar-refractivity contribution in [3.63, 3.8) is 0 Å². The predicted molar refractivity (Wildman–Crippen MR) is 139 cm³/mol. The van der Waals surface area contributed by atoms with E-state index in [1.807, 2.05) is 19.0 Å². The number of fused-ring (bicyclic) bond motifs is 1. The summed E-state index contributed by atoms with van der Waals surface area (Å²) in [5.74, 6) is -1.77. The number of nitrogens with zero attached hydrogens (tertiary/aromatic N) is 4. The highest BCUT2D eigenvalue weighted by Gasteiger charge is 2.25. The Morgan fingerprint density at radius 1 is 1.08 bits per heavy atom. The minimum absolute atomic E-state index is 0.0379. The molecular formula is C24H23ClF2N6O3S. The number of hydrogen-bond acceptors (Lipinski definition) is 8. The van der Waals surface area contributed by atoms with E-state index in [9.17, 15) is 12.8 Å². The number of sulfonamides is 1. The summed E-state index contributed by atoms with van der Waals surface area (Å²) in [6.07, 6.45) is 2.76. The summed E-state index contributed by atoms with van der Waals surface area (Å²) in [5.41, 5.74) is -0.117. The van der Waals surface area contributed by atoms with Gasteiger partial charge in [-0.1, -0.05) is 17.7 Å². The summed E-state index contributed by atoms with van der Waals surface area (Å²) in [6, 6.07) is 7.73. The lowest BCUT2D eigenvalue weighted by Crippen LogP contribution is -2.21. The number of halogens is 3. The van der Waals surface area contributed by atoms with E-state index >= 15 is 4.39 Å². The Hall–Kier alpha value is -3.61. The molecule has 2 aromatic carbocycles. The largest absolute Gasteiger partial charge is 0.480 e. The molecule has 194 valence electrons. The molecule has 0 aliphatic carbocycles. The molecule has 37 heavy (non-hydrogen) atoms. The van der Waals surface area contributed by atoms with Crippen molar-refractivity contribution in [1.29, 1.82) is 0 Å². The quantitative estimate of drug-likeness (QED) is 0.317. The van der Waals surface area contributed by atoms with E-state index < -0.39 is 37.8 Å². The number of nitrogens with one attached hydrogen (secondary N) is 2. The fourth-order valence-corrected chi connectivity index (χ4v) is 4.94. The van der Waals surface area contributed by atoms with Crippen LogP contribution in [0.1, 0.15) is 0 Å². The van der Waals surface area contributed by atoms with Crippen LogP contribution < -0.4 is 14.8 Å². The second-order valence-electron chi connectivity index (χ2n) is 8.25. The highest BCUT2D eigenvalue weighted by molar-refractivity contribution is 7.92. The molecule has 0 bridgehead atoms. The van der Waals surface area contributed by atoms with Crippen LogP contribution in [-0.2, 0) is 10.0 Å². The third kappa shape index (κ3) is 5.87. The lowest BCUT2D eigenvalue weighted by molar-refractivity contribution is 0.385. The molecular weight excluding hydrogens is 526 g/mol. The fourth-order valence-electron chi connectivity index (χ4n) is 3.52. The van der Waals surface area contributed by atoms with E-state index in [4.69, 9.17) is 16.3 Å². The molecule has 2 heterocycles. The predicted octanol–water partition coefficient (Wildman–Crippen LogP) is 4.41. The van der Waals surface area contributed by atoms with Crippen molar-refractivity contribution in [2.45, 2.75) is 4.90 Å². The molecule has 0 spiro atoms. The normalized spacial score (nSPS) is 11.6. The Balaban J connectivity index is 1.67. The van der Waals surface area contributed by atoms with Crippen LogP contribution in [0.4, 0.5) is 20.4 Å². The molecule has 0 fully saturated rings. The molecule has 9 nitrogen and oxygen atoms in total. The first-order chi connectivity index (χ1) is 17.6. The highest BCUT2D eigenvalue weighted by Crippen LogP contribution is 2.34. The van der Waals surface area contributed by atoms with Crippen LogP contribution in [-0.4, -0.2) is 62.6 Å². The number of hydrogen-bond donors (Lipinski definition) is 2. The van der Waals surface area contributed by atoms with E-state index in [-0.39, 0.29) is 16.5 Å². The topological polar surface area (TPSA) is 109 Å². The first-order valence-electron chi connectivity index (χ1n) is 10.9. The summed E-state index contributed by atoms with van der Waals surface area (Å²) >= 11 is 5.88. The Labute approximate surface area is 217 Å². The van der Waals surface area contributed by atoms with Crippen molar-refractivity contribution in [2.24, 2.45) is 0 Å². The Morgan fingerprint density at radius 2 is 1.86 bits per heavy atom. The van der Waals surface area contributed by atoms with Gasteiger partial charge in [-0.15, -0.1) is 0 Å². The summed E-state index contributed by atoms with van der Waals surface area (Å²) in [4.78, 5) is 14.1. The number of likely N-dealkylation sites (N-methyl/N-ethyl adjacent to an activating group) is 1. The standard InChI is InChI=1S/C24H23ClF2N6O3S/c1-33(2)9-8-28-24-30-12-15-10-14(4-6-18(15)31-24)21-17(26)5-7-19(22(21)27)32-37(34,35)20-11-16(25)13-29-23(20)36-3/h4-7,10-13,32H,8-9H2,1-3H3,(H,28,30,31). The van der Waals surface area contributed by atoms with Gasteiger partial charge in [-0.2, -0.15) is 0 Å². The SMILES string of the molecule is COc1ncc(Cl)cc1S(=O)(=O)Nc1ccc(F)c(-c2ccc3nc(NCCN(C)C)ncc3c2)c1F. The molecule has 4 aromatic rings. The van der Waals surface area contributed by atoms with Crippen molar-refractivity contribution >= 4 is 44.2 Å². The minimum atomic E-state index is -4.38. The van der Waals surface area contributed by atoms with Gasteiger partial charge in [0.1, 0.15) is 5.82 Å². The van der Waals surface area contributed by atoms with Crippen LogP contribution in [0.2, 0.25) is 5.02 Å². The van der Waals surface area contributed by atoms with E-state index in [1.54, 1.807) is 12.3 Å². The van der Waals surface area contributed by atoms with Crippen LogP contribution in [0.5, 0.6) is 5.88 Å². The maximum absolute atomic E-state index is 15.5. The molecule has 0 atom stereocenters. The lowest BCUT2D eigenvalue weighted by atomic mass is 10.0. The zero-order chi connectivity index (χ0) is 26.7. The molecule has 0 aliphatic rings. The molecule has 4 rings (SSSR count). The number of benzene rings is 2. The molecule has 13 heteroatoms. The molecule has 0 amide bonds. The summed E-state index contributed by atoms with van der Waals surface area (Å²) in [6.45, 7) is 1.44. The average Bonchev–Trinajstić information content (AvgIpc) is 2.85. The number of aromatic nitrogens is 3. The van der Waals surface area contributed by atoms with E-state index in [1.165, 1.54) is 25.4 Å². The average molecular weight is 549 g/mol. The van der Waals surface area contributed by atoms with Gasteiger partial charge in [-0.05, 0) is 50.0 Å². The second-order valence-corrected chi connectivity index (χ2v) is 10.3. The van der Waals surface area contributed by atoms with Crippen LogP contribution in [0.25, 0.3) is 22.0 Å². The molecule has 0 unspecified atom stereocenters. The van der Waals surface area contributed by atoms with Crippen molar-refractivity contribution in [1.82, 2.24) is 19.9 Å². The number of ether oxygens (including phenoxy) is 1. The van der Waals surface area contributed by atoms with Crippen molar-refractivity contribution in [2.75, 3.05) is 44.3 Å². The van der Waals surface area contributed by atoms with Crippen LogP contribution in [0.3, 0.4) is 0 Å². The Kier molecular flexibility index (Phi) is 7.71. The molecule has 0 saturated carbocycles. The van der Waals surface area contributed by atoms with Gasteiger partial charge in [0, 0.05) is 30.9 Å². The van der Waals surface area contributed by atoms with Crippen LogP contribution in [0.15, 0.2) is 53.7 Å². The molecule has 2 aromatic heterocycles. The van der Waals surface area contributed by atoms with Crippen LogP contribution in [0, 0.1) is 11.6 Å². The number of anilines is 2. The number of rotatable bonds is 9. The van der Waals surface area contributed by atoms with E-state index in [0.29, 0.717) is 23.4 Å².